The lowest BCUT2D eigenvalue weighted by Crippen LogP contribution is -2.65. The molecule has 0 bridgehead atoms. The molecule has 2 saturated heterocycles. The second-order valence-corrected chi connectivity index (χ2v) is 19.7. The molecular weight excluding hydrogens is 883 g/mol. The van der Waals surface area contributed by atoms with Crippen molar-refractivity contribution in [3.63, 3.8) is 0 Å². The zero-order valence-corrected chi connectivity index (χ0v) is 43.1. The molecule has 12 unspecified atom stereocenters. The Morgan fingerprint density at radius 3 is 1.42 bits per heavy atom. The zero-order chi connectivity index (χ0) is 50.3. The van der Waals surface area contributed by atoms with Crippen LogP contribution in [0.2, 0.25) is 0 Å². The minimum Gasteiger partial charge on any atom is -0.394 e. The molecule has 2 fully saturated rings. The third-order valence-corrected chi connectivity index (χ3v) is 13.6. The quantitative estimate of drug-likeness (QED) is 0.0207. The SMILES string of the molecule is CCCCCCCC/C=C/CC/C=C/CC/C=C/C(O)C(COC1OC(CO)C(OC2OC(CO)C(O)C(O)C2O)C(O)C1O)NC(=O)CCCCCCCCCCCCCCCCCCCCC. The third kappa shape index (κ3) is 28.3. The maximum atomic E-state index is 13.2. The molecule has 2 aliphatic rings. The van der Waals surface area contributed by atoms with Crippen LogP contribution in [0.4, 0.5) is 0 Å². The molecule has 69 heavy (non-hydrogen) atoms. The van der Waals surface area contributed by atoms with Crippen LogP contribution in [0.25, 0.3) is 0 Å². The number of allylic oxidation sites excluding steroid dienone is 5. The van der Waals surface area contributed by atoms with Crippen LogP contribution in [-0.2, 0) is 23.7 Å². The molecule has 0 aromatic heterocycles. The van der Waals surface area contributed by atoms with E-state index >= 15 is 0 Å². The van der Waals surface area contributed by atoms with Gasteiger partial charge in [-0.2, -0.15) is 0 Å². The number of nitrogens with one attached hydrogen (secondary N) is 1. The van der Waals surface area contributed by atoms with Crippen molar-refractivity contribution in [3.8, 4) is 0 Å². The van der Waals surface area contributed by atoms with E-state index in [2.05, 4.69) is 43.5 Å². The van der Waals surface area contributed by atoms with Crippen molar-refractivity contribution in [1.29, 1.82) is 0 Å². The predicted molar refractivity (Wildman–Crippen MR) is 272 cm³/mol. The lowest BCUT2D eigenvalue weighted by atomic mass is 9.97. The van der Waals surface area contributed by atoms with E-state index in [9.17, 15) is 45.6 Å². The van der Waals surface area contributed by atoms with Gasteiger partial charge in [0.05, 0.1) is 32.0 Å². The Balaban J connectivity index is 1.82. The first kappa shape index (κ1) is 63.3. The molecule has 12 atom stereocenters. The Morgan fingerprint density at radius 2 is 0.928 bits per heavy atom. The van der Waals surface area contributed by atoms with Crippen LogP contribution in [0, 0.1) is 0 Å². The molecule has 0 radical (unpaired) electrons. The fourth-order valence-electron chi connectivity index (χ4n) is 9.03. The zero-order valence-electron chi connectivity index (χ0n) is 43.1. The van der Waals surface area contributed by atoms with E-state index in [1.54, 1.807) is 6.08 Å². The summed E-state index contributed by atoms with van der Waals surface area (Å²) in [4.78, 5) is 13.2. The van der Waals surface area contributed by atoms with Gasteiger partial charge in [-0.15, -0.1) is 0 Å². The van der Waals surface area contributed by atoms with Gasteiger partial charge in [0.2, 0.25) is 5.91 Å². The molecule has 14 heteroatoms. The predicted octanol–water partition coefficient (Wildman–Crippen LogP) is 8.27. The summed E-state index contributed by atoms with van der Waals surface area (Å²) in [6, 6.07) is -0.934. The molecule has 14 nitrogen and oxygen atoms in total. The number of ether oxygens (including phenoxy) is 4. The molecule has 0 spiro atoms. The molecular formula is C55H101NO13. The molecule has 9 N–H and O–H groups in total. The van der Waals surface area contributed by atoms with Crippen molar-refractivity contribution in [2.24, 2.45) is 0 Å². The highest BCUT2D eigenvalue weighted by molar-refractivity contribution is 5.76. The normalized spacial score (nSPS) is 26.4. The molecule has 0 aromatic rings. The number of rotatable bonds is 43. The second-order valence-electron chi connectivity index (χ2n) is 19.7. The number of unbranched alkanes of at least 4 members (excludes halogenated alkanes) is 26. The average Bonchev–Trinajstić information content (AvgIpc) is 3.35. The van der Waals surface area contributed by atoms with Gasteiger partial charge in [-0.1, -0.05) is 198 Å². The van der Waals surface area contributed by atoms with E-state index in [4.69, 9.17) is 18.9 Å². The molecule has 0 aromatic carbocycles. The summed E-state index contributed by atoms with van der Waals surface area (Å²) in [5.74, 6) is -0.252. The first-order valence-corrected chi connectivity index (χ1v) is 27.7. The summed E-state index contributed by atoms with van der Waals surface area (Å²) in [5, 5.41) is 86.9. The van der Waals surface area contributed by atoms with Gasteiger partial charge in [-0.3, -0.25) is 4.79 Å². The highest BCUT2D eigenvalue weighted by Gasteiger charge is 2.51. The van der Waals surface area contributed by atoms with Crippen molar-refractivity contribution < 1.29 is 64.6 Å². The van der Waals surface area contributed by atoms with Gasteiger partial charge in [0.25, 0.3) is 0 Å². The smallest absolute Gasteiger partial charge is 0.220 e. The molecule has 0 aliphatic carbocycles. The summed E-state index contributed by atoms with van der Waals surface area (Å²) < 4.78 is 22.7. The standard InChI is InChI=1S/C55H101NO13/c1-3-5-7-9-11-13-15-17-19-21-22-23-25-27-29-31-33-35-37-39-47(60)56-43(44(59)38-36-34-32-30-28-26-24-20-18-16-14-12-10-8-6-4-2)42-66-54-52(65)50(63)53(46(41-58)68-54)69-55-51(64)49(62)48(61)45(40-57)67-55/h18,20,28,30,36,38,43-46,48-55,57-59,61-65H,3-17,19,21-27,29,31-35,37,39-42H2,1-2H3,(H,56,60)/b20-18+,30-28+,38-36+. The Kier molecular flexibility index (Phi) is 38.2. The number of hydrogen-bond acceptors (Lipinski definition) is 13. The largest absolute Gasteiger partial charge is 0.394 e. The molecule has 0 saturated carbocycles. The second kappa shape index (κ2) is 41.7. The lowest BCUT2D eigenvalue weighted by Gasteiger charge is -2.46. The minimum atomic E-state index is -1.79. The number of amides is 1. The van der Waals surface area contributed by atoms with Gasteiger partial charge in [-0.25, -0.2) is 0 Å². The summed E-state index contributed by atoms with van der Waals surface area (Å²) in [5.41, 5.74) is 0. The van der Waals surface area contributed by atoms with Crippen LogP contribution in [0.5, 0.6) is 0 Å². The summed E-state index contributed by atoms with van der Waals surface area (Å²) >= 11 is 0. The lowest BCUT2D eigenvalue weighted by molar-refractivity contribution is -0.359. The molecule has 404 valence electrons. The van der Waals surface area contributed by atoms with E-state index in [0.717, 1.165) is 44.9 Å². The van der Waals surface area contributed by atoms with Crippen LogP contribution in [0.1, 0.15) is 213 Å². The monoisotopic (exact) mass is 984 g/mol. The van der Waals surface area contributed by atoms with Gasteiger partial charge in [0, 0.05) is 6.42 Å². The minimum absolute atomic E-state index is 0.252. The van der Waals surface area contributed by atoms with Crippen LogP contribution in [-0.4, -0.2) is 140 Å². The third-order valence-electron chi connectivity index (χ3n) is 13.6. The summed E-state index contributed by atoms with van der Waals surface area (Å²) in [6.07, 6.45) is 31.8. The molecule has 2 aliphatic heterocycles. The molecule has 2 rings (SSSR count). The Morgan fingerprint density at radius 1 is 0.507 bits per heavy atom. The number of carbonyl (C=O) groups is 1. The van der Waals surface area contributed by atoms with Gasteiger partial charge in [0.15, 0.2) is 12.6 Å². The maximum Gasteiger partial charge on any atom is 0.220 e. The van der Waals surface area contributed by atoms with Crippen LogP contribution in [0.15, 0.2) is 36.5 Å². The van der Waals surface area contributed by atoms with E-state index in [-0.39, 0.29) is 18.9 Å². The van der Waals surface area contributed by atoms with Gasteiger partial charge in [0.1, 0.15) is 48.8 Å². The fourth-order valence-corrected chi connectivity index (χ4v) is 9.03. The Bertz CT molecular complexity index is 1300. The summed E-state index contributed by atoms with van der Waals surface area (Å²) in [7, 11) is 0. The van der Waals surface area contributed by atoms with Crippen molar-refractivity contribution in [2.45, 2.75) is 286 Å². The van der Waals surface area contributed by atoms with Crippen LogP contribution >= 0.6 is 0 Å². The van der Waals surface area contributed by atoms with E-state index in [1.807, 2.05) is 6.08 Å². The summed E-state index contributed by atoms with van der Waals surface area (Å²) in [6.45, 7) is 2.77. The van der Waals surface area contributed by atoms with Crippen molar-refractivity contribution in [1.82, 2.24) is 5.32 Å². The highest BCUT2D eigenvalue weighted by Crippen LogP contribution is 2.30. The van der Waals surface area contributed by atoms with Crippen molar-refractivity contribution in [2.75, 3.05) is 19.8 Å². The number of carbonyl (C=O) groups excluding carboxylic acids is 1. The highest BCUT2D eigenvalue weighted by atomic mass is 16.7. The topological polar surface area (TPSA) is 228 Å². The first-order valence-electron chi connectivity index (χ1n) is 27.7. The first-order chi connectivity index (χ1) is 33.6. The fraction of sp³-hybridized carbons (Fsp3) is 0.873. The number of hydrogen-bond donors (Lipinski definition) is 9. The van der Waals surface area contributed by atoms with E-state index in [1.165, 1.54) is 135 Å². The van der Waals surface area contributed by atoms with Crippen LogP contribution < -0.4 is 5.32 Å². The van der Waals surface area contributed by atoms with Crippen LogP contribution in [0.3, 0.4) is 0 Å². The van der Waals surface area contributed by atoms with E-state index in [0.29, 0.717) is 12.8 Å². The molecule has 1 amide bonds. The van der Waals surface area contributed by atoms with Crippen molar-refractivity contribution in [3.05, 3.63) is 36.5 Å². The van der Waals surface area contributed by atoms with Crippen molar-refractivity contribution >= 4 is 5.91 Å². The molecule has 2 heterocycles. The van der Waals surface area contributed by atoms with Gasteiger partial charge < -0.3 is 65.1 Å². The van der Waals surface area contributed by atoms with Gasteiger partial charge in [-0.05, 0) is 44.9 Å². The number of aliphatic hydroxyl groups excluding tert-OH is 8. The Hall–Kier alpha value is -1.79. The average molecular weight is 984 g/mol. The Labute approximate surface area is 417 Å². The van der Waals surface area contributed by atoms with E-state index < -0.39 is 86.8 Å². The van der Waals surface area contributed by atoms with Gasteiger partial charge >= 0.3 is 0 Å². The maximum absolute atomic E-state index is 13.2. The number of aliphatic hydroxyl groups is 8.